The van der Waals surface area contributed by atoms with Gasteiger partial charge in [0.25, 0.3) is 0 Å². The molecule has 0 aliphatic carbocycles. The summed E-state index contributed by atoms with van der Waals surface area (Å²) in [5.74, 6) is 2.06. The van der Waals surface area contributed by atoms with Gasteiger partial charge in [-0.2, -0.15) is 0 Å². The molecule has 2 aromatic heterocycles. The topological polar surface area (TPSA) is 42.4 Å². The van der Waals surface area contributed by atoms with E-state index in [4.69, 9.17) is 10.2 Å². The van der Waals surface area contributed by atoms with Crippen molar-refractivity contribution in [1.29, 1.82) is 0 Å². The van der Waals surface area contributed by atoms with Gasteiger partial charge in [-0.15, -0.1) is 11.3 Å². The lowest BCUT2D eigenvalue weighted by Gasteiger charge is -2.32. The van der Waals surface area contributed by atoms with Gasteiger partial charge in [-0.1, -0.05) is 6.92 Å². The van der Waals surface area contributed by atoms with Crippen LogP contribution in [0.2, 0.25) is 0 Å². The summed E-state index contributed by atoms with van der Waals surface area (Å²) in [7, 11) is 0. The highest BCUT2D eigenvalue weighted by Crippen LogP contribution is 2.30. The molecule has 3 heterocycles. The summed E-state index contributed by atoms with van der Waals surface area (Å²) in [6.45, 7) is 4.77. The second kappa shape index (κ2) is 5.49. The fourth-order valence-electron chi connectivity index (χ4n) is 2.75. The molecule has 1 aliphatic heterocycles. The van der Waals surface area contributed by atoms with E-state index in [1.54, 1.807) is 0 Å². The lowest BCUT2D eigenvalue weighted by molar-refractivity contribution is 0.163. The molecule has 0 saturated heterocycles. The zero-order chi connectivity index (χ0) is 13.2. The Labute approximate surface area is 118 Å². The first-order chi connectivity index (χ1) is 9.31. The Morgan fingerprint density at radius 2 is 2.32 bits per heavy atom. The molecule has 102 valence electrons. The van der Waals surface area contributed by atoms with Crippen LogP contribution in [0, 0.1) is 0 Å². The van der Waals surface area contributed by atoms with Crippen molar-refractivity contribution in [2.45, 2.75) is 32.4 Å². The summed E-state index contributed by atoms with van der Waals surface area (Å²) < 4.78 is 5.89. The smallest absolute Gasteiger partial charge is 0.122 e. The van der Waals surface area contributed by atoms with E-state index in [1.165, 1.54) is 10.4 Å². The molecule has 19 heavy (non-hydrogen) atoms. The Morgan fingerprint density at radius 3 is 3.05 bits per heavy atom. The zero-order valence-electron chi connectivity index (χ0n) is 11.3. The molecule has 2 aromatic rings. The fraction of sp³-hybridized carbons (Fsp3) is 0.467. The van der Waals surface area contributed by atoms with Gasteiger partial charge in [0.05, 0.1) is 6.04 Å². The predicted molar refractivity (Wildman–Crippen MR) is 78.3 cm³/mol. The summed E-state index contributed by atoms with van der Waals surface area (Å²) >= 11 is 1.87. The van der Waals surface area contributed by atoms with Crippen LogP contribution in [-0.2, 0) is 19.4 Å². The Balaban J connectivity index is 1.80. The van der Waals surface area contributed by atoms with Crippen molar-refractivity contribution in [2.75, 3.05) is 13.1 Å². The van der Waals surface area contributed by atoms with E-state index in [9.17, 15) is 0 Å². The first-order valence-corrected chi connectivity index (χ1v) is 7.77. The van der Waals surface area contributed by atoms with Gasteiger partial charge in [-0.05, 0) is 35.6 Å². The standard InChI is InChI=1S/C15H20N2OS/c1-2-12-3-4-14(18-12)13(9-16)17-7-5-15-11(10-17)6-8-19-15/h3-4,6,8,13H,2,5,7,9-10,16H2,1H3. The molecule has 1 aliphatic rings. The minimum absolute atomic E-state index is 0.202. The van der Waals surface area contributed by atoms with Crippen molar-refractivity contribution in [3.8, 4) is 0 Å². The molecule has 0 aromatic carbocycles. The van der Waals surface area contributed by atoms with Crippen molar-refractivity contribution in [3.05, 3.63) is 45.5 Å². The highest BCUT2D eigenvalue weighted by Gasteiger charge is 2.26. The van der Waals surface area contributed by atoms with Crippen LogP contribution in [0.3, 0.4) is 0 Å². The van der Waals surface area contributed by atoms with Gasteiger partial charge in [-0.3, -0.25) is 4.90 Å². The molecular formula is C15H20N2OS. The number of rotatable bonds is 4. The highest BCUT2D eigenvalue weighted by molar-refractivity contribution is 7.10. The maximum atomic E-state index is 5.98. The maximum Gasteiger partial charge on any atom is 0.122 e. The largest absolute Gasteiger partial charge is 0.464 e. The van der Waals surface area contributed by atoms with Gasteiger partial charge in [-0.25, -0.2) is 0 Å². The fourth-order valence-corrected chi connectivity index (χ4v) is 3.63. The molecule has 0 saturated carbocycles. The van der Waals surface area contributed by atoms with E-state index >= 15 is 0 Å². The number of hydrogen-bond acceptors (Lipinski definition) is 4. The summed E-state index contributed by atoms with van der Waals surface area (Å²) in [6, 6.07) is 6.59. The molecular weight excluding hydrogens is 256 g/mol. The van der Waals surface area contributed by atoms with Crippen LogP contribution in [0.4, 0.5) is 0 Å². The van der Waals surface area contributed by atoms with Crippen LogP contribution >= 0.6 is 11.3 Å². The van der Waals surface area contributed by atoms with Crippen molar-refractivity contribution >= 4 is 11.3 Å². The second-order valence-corrected chi connectivity index (χ2v) is 6.00. The summed E-state index contributed by atoms with van der Waals surface area (Å²) in [4.78, 5) is 3.97. The Hall–Kier alpha value is -1.10. The first-order valence-electron chi connectivity index (χ1n) is 6.89. The molecule has 3 rings (SSSR count). The third-order valence-corrected chi connectivity index (χ3v) is 4.88. The zero-order valence-corrected chi connectivity index (χ0v) is 12.1. The lowest BCUT2D eigenvalue weighted by Crippen LogP contribution is -2.37. The number of hydrogen-bond donors (Lipinski definition) is 1. The number of thiophene rings is 1. The summed E-state index contributed by atoms with van der Waals surface area (Å²) in [6.07, 6.45) is 2.07. The summed E-state index contributed by atoms with van der Waals surface area (Å²) in [5, 5.41) is 2.19. The number of fused-ring (bicyclic) bond motifs is 1. The molecule has 2 N–H and O–H groups in total. The number of aryl methyl sites for hydroxylation is 1. The van der Waals surface area contributed by atoms with Gasteiger partial charge in [0.15, 0.2) is 0 Å². The molecule has 0 spiro atoms. The van der Waals surface area contributed by atoms with Crippen molar-refractivity contribution in [1.82, 2.24) is 4.90 Å². The van der Waals surface area contributed by atoms with E-state index in [1.807, 2.05) is 11.3 Å². The van der Waals surface area contributed by atoms with Crippen molar-refractivity contribution in [2.24, 2.45) is 5.73 Å². The number of nitrogens with zero attached hydrogens (tertiary/aromatic N) is 1. The monoisotopic (exact) mass is 276 g/mol. The van der Waals surface area contributed by atoms with E-state index in [2.05, 4.69) is 35.4 Å². The SMILES string of the molecule is CCc1ccc(C(CN)N2CCc3sccc3C2)o1. The summed E-state index contributed by atoms with van der Waals surface area (Å²) in [5.41, 5.74) is 7.44. The van der Waals surface area contributed by atoms with Crippen LogP contribution in [-0.4, -0.2) is 18.0 Å². The minimum atomic E-state index is 0.202. The van der Waals surface area contributed by atoms with Gasteiger partial charge >= 0.3 is 0 Å². The normalized spacial score (nSPS) is 17.4. The first kappa shape index (κ1) is 12.9. The van der Waals surface area contributed by atoms with Crippen LogP contribution in [0.1, 0.15) is 34.9 Å². The van der Waals surface area contributed by atoms with Crippen molar-refractivity contribution in [3.63, 3.8) is 0 Å². The van der Waals surface area contributed by atoms with E-state index < -0.39 is 0 Å². The van der Waals surface area contributed by atoms with Gasteiger partial charge in [0.1, 0.15) is 11.5 Å². The van der Waals surface area contributed by atoms with E-state index in [-0.39, 0.29) is 6.04 Å². The third-order valence-electron chi connectivity index (χ3n) is 3.86. The quantitative estimate of drug-likeness (QED) is 0.933. The molecule has 0 amide bonds. The Bertz CT molecular complexity index is 546. The molecule has 0 fully saturated rings. The molecule has 0 bridgehead atoms. The number of furan rings is 1. The van der Waals surface area contributed by atoms with E-state index in [0.717, 1.165) is 37.5 Å². The molecule has 3 nitrogen and oxygen atoms in total. The Morgan fingerprint density at radius 1 is 1.42 bits per heavy atom. The van der Waals surface area contributed by atoms with Gasteiger partial charge < -0.3 is 10.2 Å². The molecule has 1 unspecified atom stereocenters. The minimum Gasteiger partial charge on any atom is -0.464 e. The second-order valence-electron chi connectivity index (χ2n) is 5.00. The average molecular weight is 276 g/mol. The van der Waals surface area contributed by atoms with Crippen LogP contribution in [0.5, 0.6) is 0 Å². The van der Waals surface area contributed by atoms with Crippen molar-refractivity contribution < 1.29 is 4.42 Å². The molecule has 1 atom stereocenters. The van der Waals surface area contributed by atoms with Crippen LogP contribution in [0.25, 0.3) is 0 Å². The van der Waals surface area contributed by atoms with Gasteiger partial charge in [0, 0.05) is 30.9 Å². The molecule has 4 heteroatoms. The maximum absolute atomic E-state index is 5.98. The number of nitrogens with two attached hydrogens (primary N) is 1. The third kappa shape index (κ3) is 2.48. The van der Waals surface area contributed by atoms with Crippen LogP contribution in [0.15, 0.2) is 28.0 Å². The van der Waals surface area contributed by atoms with E-state index in [0.29, 0.717) is 6.54 Å². The van der Waals surface area contributed by atoms with Gasteiger partial charge in [0.2, 0.25) is 0 Å². The molecule has 0 radical (unpaired) electrons. The lowest BCUT2D eigenvalue weighted by atomic mass is 10.1. The predicted octanol–water partition coefficient (Wildman–Crippen LogP) is 2.96. The average Bonchev–Trinajstić information content (AvgIpc) is 3.07. The highest BCUT2D eigenvalue weighted by atomic mass is 32.1. The Kier molecular flexibility index (Phi) is 3.73. The van der Waals surface area contributed by atoms with Crippen LogP contribution < -0.4 is 5.73 Å².